The summed E-state index contributed by atoms with van der Waals surface area (Å²) >= 11 is 1.39. The summed E-state index contributed by atoms with van der Waals surface area (Å²) in [5, 5.41) is 10.4. The minimum absolute atomic E-state index is 0.123. The molecule has 1 unspecified atom stereocenters. The summed E-state index contributed by atoms with van der Waals surface area (Å²) in [7, 11) is 0. The van der Waals surface area contributed by atoms with Crippen molar-refractivity contribution in [2.45, 2.75) is 37.0 Å². The molecule has 6 rings (SSSR count). The van der Waals surface area contributed by atoms with E-state index in [1.807, 2.05) is 43.3 Å². The summed E-state index contributed by atoms with van der Waals surface area (Å²) in [6.45, 7) is 4.92. The van der Waals surface area contributed by atoms with E-state index >= 15 is 0 Å². The zero-order valence-corrected chi connectivity index (χ0v) is 27.9. The molecular weight excluding hydrogens is 636 g/mol. The van der Waals surface area contributed by atoms with Gasteiger partial charge in [-0.25, -0.2) is 4.39 Å². The molecule has 0 aliphatic rings. The Morgan fingerprint density at radius 1 is 0.755 bits per heavy atom. The van der Waals surface area contributed by atoms with Gasteiger partial charge < -0.3 is 20.5 Å². The molecule has 9 heteroatoms. The van der Waals surface area contributed by atoms with Crippen LogP contribution in [0.4, 0.5) is 15.8 Å². The van der Waals surface area contributed by atoms with Crippen molar-refractivity contribution < 1.29 is 18.8 Å². The minimum Gasteiger partial charge on any atom is -0.341 e. The summed E-state index contributed by atoms with van der Waals surface area (Å²) in [5.41, 5.74) is 3.84. The first-order valence-corrected chi connectivity index (χ1v) is 16.9. The highest BCUT2D eigenvalue weighted by Crippen LogP contribution is 2.32. The lowest BCUT2D eigenvalue weighted by Gasteiger charge is -2.16. The number of thioether (sulfide) groups is 1. The molecule has 7 nitrogen and oxygen atoms in total. The highest BCUT2D eigenvalue weighted by atomic mass is 32.2. The van der Waals surface area contributed by atoms with Gasteiger partial charge in [-0.2, -0.15) is 0 Å². The van der Waals surface area contributed by atoms with Crippen LogP contribution in [-0.4, -0.2) is 27.5 Å². The van der Waals surface area contributed by atoms with Crippen LogP contribution < -0.4 is 16.0 Å². The van der Waals surface area contributed by atoms with Crippen molar-refractivity contribution in [3.8, 4) is 0 Å². The molecule has 6 aromatic rings. The summed E-state index contributed by atoms with van der Waals surface area (Å²) in [6, 6.07) is 35.9. The molecule has 3 N–H and O–H groups in total. The van der Waals surface area contributed by atoms with Crippen LogP contribution in [0, 0.1) is 5.82 Å². The second kappa shape index (κ2) is 15.0. The van der Waals surface area contributed by atoms with Crippen molar-refractivity contribution in [2.75, 3.05) is 10.6 Å². The van der Waals surface area contributed by atoms with Gasteiger partial charge in [0.05, 0.1) is 5.25 Å². The summed E-state index contributed by atoms with van der Waals surface area (Å²) in [5.74, 6) is -1.79. The van der Waals surface area contributed by atoms with Crippen LogP contribution >= 0.6 is 11.8 Å². The van der Waals surface area contributed by atoms with Gasteiger partial charge in [0.2, 0.25) is 5.91 Å². The average molecular weight is 671 g/mol. The number of rotatable bonds is 11. The van der Waals surface area contributed by atoms with E-state index in [4.69, 9.17) is 0 Å². The van der Waals surface area contributed by atoms with Crippen molar-refractivity contribution in [1.82, 2.24) is 9.88 Å². The van der Waals surface area contributed by atoms with Gasteiger partial charge in [-0.15, -0.1) is 11.8 Å². The van der Waals surface area contributed by atoms with Gasteiger partial charge in [-0.05, 0) is 80.1 Å². The first kappa shape index (κ1) is 33.2. The predicted molar refractivity (Wildman–Crippen MR) is 197 cm³/mol. The lowest BCUT2D eigenvalue weighted by Crippen LogP contribution is -2.30. The average Bonchev–Trinajstić information content (AvgIpc) is 3.44. The van der Waals surface area contributed by atoms with E-state index in [0.717, 1.165) is 38.9 Å². The van der Waals surface area contributed by atoms with Crippen molar-refractivity contribution in [1.29, 1.82) is 0 Å². The van der Waals surface area contributed by atoms with Crippen LogP contribution in [-0.2, 0) is 16.1 Å². The van der Waals surface area contributed by atoms with Crippen molar-refractivity contribution in [2.24, 2.45) is 0 Å². The lowest BCUT2D eigenvalue weighted by molar-refractivity contribution is -0.116. The van der Waals surface area contributed by atoms with Crippen molar-refractivity contribution in [3.63, 3.8) is 0 Å². The molecule has 1 atom stereocenters. The van der Waals surface area contributed by atoms with E-state index in [1.165, 1.54) is 30.0 Å². The molecule has 0 aliphatic carbocycles. The van der Waals surface area contributed by atoms with Crippen LogP contribution in [0.1, 0.15) is 36.2 Å². The predicted octanol–water partition coefficient (Wildman–Crippen LogP) is 8.87. The second-order valence-electron chi connectivity index (χ2n) is 11.4. The maximum Gasteiger partial charge on any atom is 0.272 e. The third-order valence-electron chi connectivity index (χ3n) is 8.12. The number of aryl methyl sites for hydroxylation is 1. The number of benzene rings is 5. The molecule has 0 spiro atoms. The van der Waals surface area contributed by atoms with Crippen LogP contribution in [0.3, 0.4) is 0 Å². The third kappa shape index (κ3) is 7.58. The molecule has 1 aromatic heterocycles. The fourth-order valence-electron chi connectivity index (χ4n) is 5.72. The molecule has 5 aromatic carbocycles. The fourth-order valence-corrected chi connectivity index (χ4v) is 6.73. The van der Waals surface area contributed by atoms with E-state index in [-0.39, 0.29) is 17.2 Å². The maximum atomic E-state index is 14.5. The zero-order valence-electron chi connectivity index (χ0n) is 27.1. The van der Waals surface area contributed by atoms with Crippen LogP contribution in [0.2, 0.25) is 0 Å². The third-order valence-corrected chi connectivity index (χ3v) is 9.48. The molecule has 0 saturated heterocycles. The Hall–Kier alpha value is -5.67. The molecule has 0 aliphatic heterocycles. The quantitative estimate of drug-likeness (QED) is 0.0949. The monoisotopic (exact) mass is 670 g/mol. The standard InChI is InChI=1S/C40H35FN4O3S/c1-3-37(40(48)43-29-21-22-36-32(25-29)31-18-9-11-20-35(31)45(36)4-2)49-30-17-12-16-28(24-30)42-39(47)34(23-27-15-8-10-19-33(27)41)44-38(46)26-13-6-5-7-14-26/h5-25,37H,3-4H2,1-2H3,(H,42,47)(H,43,48)(H,44,46)/b34-23-. The lowest BCUT2D eigenvalue weighted by atomic mass is 10.1. The van der Waals surface area contributed by atoms with Crippen molar-refractivity contribution >= 4 is 68.7 Å². The largest absolute Gasteiger partial charge is 0.341 e. The SMILES string of the molecule is CCC(Sc1cccc(NC(=O)/C(=C/c2ccccc2F)NC(=O)c2ccccc2)c1)C(=O)Nc1ccc2c(c1)c1ccccc1n2CC. The number of hydrogen-bond donors (Lipinski definition) is 3. The number of amides is 3. The Morgan fingerprint density at radius 3 is 2.24 bits per heavy atom. The van der Waals surface area contributed by atoms with E-state index in [9.17, 15) is 18.8 Å². The number of carbonyl (C=O) groups is 3. The van der Waals surface area contributed by atoms with Gasteiger partial charge in [-0.1, -0.05) is 67.6 Å². The zero-order chi connectivity index (χ0) is 34.3. The first-order valence-electron chi connectivity index (χ1n) is 16.1. The fraction of sp³-hybridized carbons (Fsp3) is 0.125. The molecule has 246 valence electrons. The van der Waals surface area contributed by atoms with Gasteiger partial charge in [-0.3, -0.25) is 14.4 Å². The number of nitrogens with one attached hydrogen (secondary N) is 3. The Kier molecular flexibility index (Phi) is 10.2. The molecule has 1 heterocycles. The van der Waals surface area contributed by atoms with Gasteiger partial charge in [0.25, 0.3) is 11.8 Å². The first-order chi connectivity index (χ1) is 23.8. The second-order valence-corrected chi connectivity index (χ2v) is 12.7. The Morgan fingerprint density at radius 2 is 1.47 bits per heavy atom. The van der Waals surface area contributed by atoms with E-state index in [2.05, 4.69) is 39.6 Å². The van der Waals surface area contributed by atoms with Crippen molar-refractivity contribution in [3.05, 3.63) is 144 Å². The summed E-state index contributed by atoms with van der Waals surface area (Å²) < 4.78 is 16.8. The molecule has 49 heavy (non-hydrogen) atoms. The molecule has 0 bridgehead atoms. The number of fused-ring (bicyclic) bond motifs is 3. The summed E-state index contributed by atoms with van der Waals surface area (Å²) in [4.78, 5) is 40.7. The Balaban J connectivity index is 1.18. The maximum absolute atomic E-state index is 14.5. The number of para-hydroxylation sites is 1. The number of aromatic nitrogens is 1. The van der Waals surface area contributed by atoms with Crippen LogP contribution in [0.5, 0.6) is 0 Å². The van der Waals surface area contributed by atoms with Gasteiger partial charge in [0, 0.05) is 55.7 Å². The number of anilines is 2. The highest BCUT2D eigenvalue weighted by Gasteiger charge is 2.20. The molecular formula is C40H35FN4O3S. The number of carbonyl (C=O) groups excluding carboxylic acids is 3. The Labute approximate surface area is 288 Å². The van der Waals surface area contributed by atoms with Crippen LogP contribution in [0.25, 0.3) is 27.9 Å². The smallest absolute Gasteiger partial charge is 0.272 e. The normalized spacial score (nSPS) is 12.1. The molecule has 3 amide bonds. The van der Waals surface area contributed by atoms with Gasteiger partial charge >= 0.3 is 0 Å². The van der Waals surface area contributed by atoms with E-state index < -0.39 is 22.9 Å². The molecule has 0 fully saturated rings. The topological polar surface area (TPSA) is 92.2 Å². The minimum atomic E-state index is -0.626. The number of nitrogens with zero attached hydrogens (tertiary/aromatic N) is 1. The number of hydrogen-bond acceptors (Lipinski definition) is 4. The van der Waals surface area contributed by atoms with E-state index in [1.54, 1.807) is 60.7 Å². The Bertz CT molecular complexity index is 2200. The summed E-state index contributed by atoms with van der Waals surface area (Å²) in [6.07, 6.45) is 1.88. The molecule has 0 saturated carbocycles. The molecule has 0 radical (unpaired) electrons. The van der Waals surface area contributed by atoms with Gasteiger partial charge in [0.15, 0.2) is 0 Å². The highest BCUT2D eigenvalue weighted by molar-refractivity contribution is 8.00. The van der Waals surface area contributed by atoms with Crippen LogP contribution in [0.15, 0.2) is 132 Å². The van der Waals surface area contributed by atoms with Gasteiger partial charge in [0.1, 0.15) is 11.5 Å². The number of halogens is 1. The van der Waals surface area contributed by atoms with E-state index in [0.29, 0.717) is 17.7 Å².